The zero-order valence-corrected chi connectivity index (χ0v) is 42.4. The van der Waals surface area contributed by atoms with Crippen LogP contribution in [-0.4, -0.2) is 68.5 Å². The molecule has 0 saturated carbocycles. The van der Waals surface area contributed by atoms with E-state index in [0.717, 1.165) is 83.5 Å². The lowest BCUT2D eigenvalue weighted by atomic mass is 10.0. The number of aliphatic hydroxyl groups excluding tert-OH is 1. The standard InChI is InChI=1S/C54H99N2O6P/c1-6-8-10-12-13-14-15-16-17-18-19-20-21-22-23-24-25-26-27-28-29-30-31-32-33-34-35-36-37-38-39-40-41-42-43-44-46-48-54(58)55-52(53(57)47-45-11-9-7-2)51-62-63(59,60)61-50-49-56(3,4)5/h8,10,13-14,16-17,19-20,22-23,25-26,52-53,57H,6-7,9,11-12,15,18,21,24,27-51H2,1-5H3,(H-,55,58,59,60)/b10-8-,14-13-,17-16-,20-19-,23-22-,26-25-. The van der Waals surface area contributed by atoms with Gasteiger partial charge in [-0.05, 0) is 64.2 Å². The lowest BCUT2D eigenvalue weighted by Gasteiger charge is -2.30. The smallest absolute Gasteiger partial charge is 0.268 e. The number of carbonyl (C=O) groups excluding carboxylic acids is 1. The molecule has 0 rings (SSSR count). The van der Waals surface area contributed by atoms with Gasteiger partial charge in [0.2, 0.25) is 5.91 Å². The number of quaternary nitrogens is 1. The number of carbonyl (C=O) groups is 1. The van der Waals surface area contributed by atoms with E-state index in [0.29, 0.717) is 23.9 Å². The minimum Gasteiger partial charge on any atom is -0.756 e. The molecular formula is C54H99N2O6P. The molecule has 3 atom stereocenters. The van der Waals surface area contributed by atoms with Crippen LogP contribution in [0.25, 0.3) is 0 Å². The first-order valence-electron chi connectivity index (χ1n) is 25.8. The van der Waals surface area contributed by atoms with Crippen molar-refractivity contribution >= 4 is 13.7 Å². The van der Waals surface area contributed by atoms with Crippen LogP contribution in [-0.2, 0) is 18.4 Å². The van der Waals surface area contributed by atoms with E-state index in [2.05, 4.69) is 92.1 Å². The van der Waals surface area contributed by atoms with E-state index in [-0.39, 0.29) is 19.1 Å². The van der Waals surface area contributed by atoms with Crippen molar-refractivity contribution in [3.05, 3.63) is 72.9 Å². The molecule has 0 radical (unpaired) electrons. The molecule has 63 heavy (non-hydrogen) atoms. The third-order valence-electron chi connectivity index (χ3n) is 11.2. The van der Waals surface area contributed by atoms with E-state index >= 15 is 0 Å². The Kier molecular flexibility index (Phi) is 43.6. The van der Waals surface area contributed by atoms with Gasteiger partial charge >= 0.3 is 0 Å². The molecule has 0 bridgehead atoms. The van der Waals surface area contributed by atoms with Crippen molar-refractivity contribution in [3.63, 3.8) is 0 Å². The SMILES string of the molecule is CC/C=C\C/C=C\C/C=C\C/C=C\C/C=C\C/C=C\CCCCCCCCCCCCCCCCCCCCC(=O)NC(COP(=O)([O-])OCC[N+](C)(C)C)C(O)CCCCCC. The van der Waals surface area contributed by atoms with Gasteiger partial charge in [-0.2, -0.15) is 0 Å². The van der Waals surface area contributed by atoms with Gasteiger partial charge < -0.3 is 28.8 Å². The van der Waals surface area contributed by atoms with E-state index < -0.39 is 20.0 Å². The third-order valence-corrected chi connectivity index (χ3v) is 12.2. The molecule has 0 aliphatic carbocycles. The van der Waals surface area contributed by atoms with Crippen LogP contribution in [0, 0.1) is 0 Å². The summed E-state index contributed by atoms with van der Waals surface area (Å²) < 4.78 is 23.0. The maximum absolute atomic E-state index is 12.8. The Morgan fingerprint density at radius 2 is 0.968 bits per heavy atom. The summed E-state index contributed by atoms with van der Waals surface area (Å²) in [5.74, 6) is -0.175. The van der Waals surface area contributed by atoms with Gasteiger partial charge in [0.1, 0.15) is 13.2 Å². The van der Waals surface area contributed by atoms with Crippen LogP contribution in [0.3, 0.4) is 0 Å². The first-order valence-corrected chi connectivity index (χ1v) is 27.2. The van der Waals surface area contributed by atoms with Gasteiger partial charge in [0.15, 0.2) is 0 Å². The van der Waals surface area contributed by atoms with Crippen molar-refractivity contribution in [1.82, 2.24) is 5.32 Å². The minimum absolute atomic E-state index is 0.00988. The quantitative estimate of drug-likeness (QED) is 0.0273. The predicted molar refractivity (Wildman–Crippen MR) is 270 cm³/mol. The van der Waals surface area contributed by atoms with Crippen molar-refractivity contribution in [2.45, 2.75) is 225 Å². The molecule has 3 unspecified atom stereocenters. The monoisotopic (exact) mass is 903 g/mol. The lowest BCUT2D eigenvalue weighted by molar-refractivity contribution is -0.870. The first kappa shape index (κ1) is 60.9. The lowest BCUT2D eigenvalue weighted by Crippen LogP contribution is -2.46. The minimum atomic E-state index is -4.55. The van der Waals surface area contributed by atoms with E-state index in [4.69, 9.17) is 9.05 Å². The van der Waals surface area contributed by atoms with Gasteiger partial charge in [-0.25, -0.2) is 0 Å². The Morgan fingerprint density at radius 3 is 1.40 bits per heavy atom. The van der Waals surface area contributed by atoms with Crippen LogP contribution in [0.5, 0.6) is 0 Å². The summed E-state index contributed by atoms with van der Waals surface area (Å²) in [5, 5.41) is 13.7. The number of unbranched alkanes of at least 4 members (excludes halogenated alkanes) is 21. The molecule has 0 heterocycles. The molecule has 0 fully saturated rings. The molecule has 0 aromatic heterocycles. The topological polar surface area (TPSA) is 108 Å². The Morgan fingerprint density at radius 1 is 0.571 bits per heavy atom. The molecule has 2 N–H and O–H groups in total. The average Bonchev–Trinajstić information content (AvgIpc) is 3.24. The molecule has 1 amide bonds. The van der Waals surface area contributed by atoms with Gasteiger partial charge in [0, 0.05) is 6.42 Å². The second-order valence-electron chi connectivity index (χ2n) is 18.5. The number of nitrogens with one attached hydrogen (secondary N) is 1. The van der Waals surface area contributed by atoms with E-state index in [1.165, 1.54) is 103 Å². The summed E-state index contributed by atoms with van der Waals surface area (Å²) >= 11 is 0. The van der Waals surface area contributed by atoms with E-state index in [1.54, 1.807) is 0 Å². The number of allylic oxidation sites excluding steroid dienone is 12. The van der Waals surface area contributed by atoms with Crippen molar-refractivity contribution in [2.75, 3.05) is 40.9 Å². The van der Waals surface area contributed by atoms with Crippen LogP contribution in [0.4, 0.5) is 0 Å². The van der Waals surface area contributed by atoms with Crippen LogP contribution < -0.4 is 10.2 Å². The molecule has 0 aliphatic rings. The molecule has 366 valence electrons. The predicted octanol–water partition coefficient (Wildman–Crippen LogP) is 14.5. The van der Waals surface area contributed by atoms with Crippen LogP contribution in [0.15, 0.2) is 72.9 Å². The fourth-order valence-corrected chi connectivity index (χ4v) is 7.88. The average molecular weight is 903 g/mol. The highest BCUT2D eigenvalue weighted by Gasteiger charge is 2.24. The Bertz CT molecular complexity index is 1250. The number of aliphatic hydroxyl groups is 1. The zero-order valence-electron chi connectivity index (χ0n) is 41.5. The van der Waals surface area contributed by atoms with Gasteiger partial charge in [0.05, 0.1) is 39.9 Å². The second kappa shape index (κ2) is 45.1. The third kappa shape index (κ3) is 47.7. The molecule has 8 nitrogen and oxygen atoms in total. The van der Waals surface area contributed by atoms with E-state index in [1.807, 2.05) is 21.1 Å². The van der Waals surface area contributed by atoms with Gasteiger partial charge in [0.25, 0.3) is 7.82 Å². The molecule has 0 saturated heterocycles. The number of hydrogen-bond donors (Lipinski definition) is 2. The summed E-state index contributed by atoms with van der Waals surface area (Å²) in [6.07, 6.45) is 61.5. The molecule has 0 aromatic rings. The summed E-state index contributed by atoms with van der Waals surface area (Å²) in [6, 6.07) is -0.797. The van der Waals surface area contributed by atoms with Crippen LogP contribution >= 0.6 is 7.82 Å². The van der Waals surface area contributed by atoms with E-state index in [9.17, 15) is 19.4 Å². The maximum Gasteiger partial charge on any atom is 0.268 e. The van der Waals surface area contributed by atoms with Crippen molar-refractivity contribution in [3.8, 4) is 0 Å². The van der Waals surface area contributed by atoms with Crippen molar-refractivity contribution in [1.29, 1.82) is 0 Å². The molecular weight excluding hydrogens is 804 g/mol. The highest BCUT2D eigenvalue weighted by molar-refractivity contribution is 7.45. The molecule has 0 spiro atoms. The highest BCUT2D eigenvalue weighted by Crippen LogP contribution is 2.38. The Hall–Kier alpha value is -2.06. The van der Waals surface area contributed by atoms with Crippen LogP contribution in [0.1, 0.15) is 213 Å². The summed E-state index contributed by atoms with van der Waals surface area (Å²) in [5.41, 5.74) is 0. The van der Waals surface area contributed by atoms with Gasteiger partial charge in [-0.15, -0.1) is 0 Å². The van der Waals surface area contributed by atoms with Crippen molar-refractivity contribution < 1.29 is 32.9 Å². The molecule has 0 aliphatic heterocycles. The second-order valence-corrected chi connectivity index (χ2v) is 19.9. The number of phosphoric acid groups is 1. The number of phosphoric ester groups is 1. The summed E-state index contributed by atoms with van der Waals surface area (Å²) in [6.45, 7) is 4.47. The fraction of sp³-hybridized carbons (Fsp3) is 0.759. The van der Waals surface area contributed by atoms with Gasteiger partial charge in [-0.3, -0.25) is 9.36 Å². The first-order chi connectivity index (χ1) is 30.5. The molecule has 9 heteroatoms. The van der Waals surface area contributed by atoms with Gasteiger partial charge in [-0.1, -0.05) is 215 Å². The van der Waals surface area contributed by atoms with Crippen molar-refractivity contribution in [2.24, 2.45) is 0 Å². The Balaban J connectivity index is 3.75. The number of rotatable bonds is 46. The zero-order chi connectivity index (χ0) is 46.4. The maximum atomic E-state index is 12.8. The number of likely N-dealkylation sites (N-methyl/N-ethyl adjacent to an activating group) is 1. The van der Waals surface area contributed by atoms with Crippen LogP contribution in [0.2, 0.25) is 0 Å². The fourth-order valence-electron chi connectivity index (χ4n) is 7.16. The number of amides is 1. The highest BCUT2D eigenvalue weighted by atomic mass is 31.2. The Labute approximate surface area is 389 Å². The summed E-state index contributed by atoms with van der Waals surface area (Å²) in [7, 11) is 1.30. The summed E-state index contributed by atoms with van der Waals surface area (Å²) in [4.78, 5) is 25.1. The largest absolute Gasteiger partial charge is 0.756 e. The normalized spacial score (nSPS) is 14.7. The number of nitrogens with zero attached hydrogens (tertiary/aromatic N) is 1. The number of hydrogen-bond acceptors (Lipinski definition) is 6. The molecule has 0 aromatic carbocycles.